The molecule has 0 aromatic carbocycles. The van der Waals surface area contributed by atoms with Crippen molar-refractivity contribution in [2.75, 3.05) is 6.61 Å². The normalized spacial score (nSPS) is 15.0. The highest BCUT2D eigenvalue weighted by molar-refractivity contribution is 7.10. The van der Waals surface area contributed by atoms with E-state index in [-0.39, 0.29) is 13.0 Å². The summed E-state index contributed by atoms with van der Waals surface area (Å²) < 4.78 is 0. The van der Waals surface area contributed by atoms with Crippen LogP contribution in [-0.2, 0) is 6.42 Å². The number of aryl methyl sites for hydroxylation is 1. The van der Waals surface area contributed by atoms with E-state index >= 15 is 0 Å². The molecule has 1 aromatic heterocycles. The van der Waals surface area contributed by atoms with E-state index in [0.717, 1.165) is 29.7 Å². The highest BCUT2D eigenvalue weighted by Gasteiger charge is 2.21. The molecule has 0 saturated carbocycles. The van der Waals surface area contributed by atoms with Gasteiger partial charge in [0, 0.05) is 11.5 Å². The summed E-state index contributed by atoms with van der Waals surface area (Å²) in [5.74, 6) is 0. The lowest BCUT2D eigenvalue weighted by Gasteiger charge is -2.17. The van der Waals surface area contributed by atoms with Gasteiger partial charge in [-0.15, -0.1) is 11.3 Å². The molecule has 0 spiro atoms. The maximum Gasteiger partial charge on any atom is 0.114 e. The van der Waals surface area contributed by atoms with Gasteiger partial charge in [-0.1, -0.05) is 13.3 Å². The number of rotatable bonds is 7. The van der Waals surface area contributed by atoms with E-state index in [1.165, 1.54) is 11.3 Å². The molecule has 0 fully saturated rings. The molecule has 4 heteroatoms. The standard InChI is InChI=1S/C12H20O3S/c1-2-3-4-9-6-8-16-12(9)11(15)10(14)5-7-13/h6,8,10-11,13-15H,2-5,7H2,1H3. The molecule has 2 unspecified atom stereocenters. The van der Waals surface area contributed by atoms with Gasteiger partial charge in [-0.05, 0) is 36.3 Å². The first kappa shape index (κ1) is 13.6. The SMILES string of the molecule is CCCCc1ccsc1C(O)C(O)CCO. The fraction of sp³-hybridized carbons (Fsp3) is 0.667. The highest BCUT2D eigenvalue weighted by atomic mass is 32.1. The Hall–Kier alpha value is -0.420. The first-order valence-electron chi connectivity index (χ1n) is 5.74. The van der Waals surface area contributed by atoms with Gasteiger partial charge in [0.1, 0.15) is 6.10 Å². The van der Waals surface area contributed by atoms with Crippen LogP contribution in [0.5, 0.6) is 0 Å². The molecule has 0 saturated heterocycles. The van der Waals surface area contributed by atoms with Crippen LogP contribution in [0.4, 0.5) is 0 Å². The zero-order chi connectivity index (χ0) is 12.0. The number of hydrogen-bond acceptors (Lipinski definition) is 4. The van der Waals surface area contributed by atoms with Crippen LogP contribution < -0.4 is 0 Å². The Kier molecular flexibility index (Phi) is 5.98. The molecular weight excluding hydrogens is 224 g/mol. The first-order chi connectivity index (χ1) is 7.70. The first-order valence-corrected chi connectivity index (χ1v) is 6.62. The van der Waals surface area contributed by atoms with Gasteiger partial charge in [-0.2, -0.15) is 0 Å². The van der Waals surface area contributed by atoms with Crippen LogP contribution in [-0.4, -0.2) is 28.0 Å². The molecule has 1 aromatic rings. The summed E-state index contributed by atoms with van der Waals surface area (Å²) in [6.45, 7) is 2.02. The second kappa shape index (κ2) is 7.01. The third kappa shape index (κ3) is 3.56. The molecule has 0 radical (unpaired) electrons. The Labute approximate surface area is 100 Å². The monoisotopic (exact) mass is 244 g/mol. The number of unbranched alkanes of at least 4 members (excludes halogenated alkanes) is 1. The van der Waals surface area contributed by atoms with Crippen LogP contribution in [0.1, 0.15) is 42.7 Å². The van der Waals surface area contributed by atoms with E-state index in [1.54, 1.807) is 0 Å². The summed E-state index contributed by atoms with van der Waals surface area (Å²) in [4.78, 5) is 0.842. The summed E-state index contributed by atoms with van der Waals surface area (Å²) in [7, 11) is 0. The lowest BCUT2D eigenvalue weighted by atomic mass is 10.0. The number of hydrogen-bond donors (Lipinski definition) is 3. The Bertz CT molecular complexity index is 298. The van der Waals surface area contributed by atoms with E-state index in [2.05, 4.69) is 6.92 Å². The third-order valence-corrected chi connectivity index (χ3v) is 3.67. The highest BCUT2D eigenvalue weighted by Crippen LogP contribution is 2.29. The lowest BCUT2D eigenvalue weighted by molar-refractivity contribution is 0.00575. The minimum atomic E-state index is -0.871. The largest absolute Gasteiger partial charge is 0.396 e. The molecule has 0 aliphatic carbocycles. The molecule has 0 amide bonds. The minimum Gasteiger partial charge on any atom is -0.396 e. The molecule has 2 atom stereocenters. The van der Waals surface area contributed by atoms with Crippen molar-refractivity contribution in [2.45, 2.75) is 44.8 Å². The quantitative estimate of drug-likeness (QED) is 0.686. The molecule has 16 heavy (non-hydrogen) atoms. The average Bonchev–Trinajstić information content (AvgIpc) is 2.73. The molecule has 92 valence electrons. The third-order valence-electron chi connectivity index (χ3n) is 2.64. The van der Waals surface area contributed by atoms with Gasteiger partial charge in [0.2, 0.25) is 0 Å². The van der Waals surface area contributed by atoms with Gasteiger partial charge in [0.05, 0.1) is 6.10 Å². The van der Waals surface area contributed by atoms with Crippen LogP contribution in [0.15, 0.2) is 11.4 Å². The van der Waals surface area contributed by atoms with Crippen LogP contribution in [0.3, 0.4) is 0 Å². The van der Waals surface area contributed by atoms with Gasteiger partial charge >= 0.3 is 0 Å². The van der Waals surface area contributed by atoms with Gasteiger partial charge in [-0.3, -0.25) is 0 Å². The van der Waals surface area contributed by atoms with Crippen molar-refractivity contribution in [3.8, 4) is 0 Å². The van der Waals surface area contributed by atoms with Crippen LogP contribution in [0.2, 0.25) is 0 Å². The van der Waals surface area contributed by atoms with Crippen molar-refractivity contribution in [3.63, 3.8) is 0 Å². The van der Waals surface area contributed by atoms with Crippen molar-refractivity contribution < 1.29 is 15.3 Å². The average molecular weight is 244 g/mol. The Balaban J connectivity index is 2.66. The predicted molar refractivity (Wildman–Crippen MR) is 65.6 cm³/mol. The zero-order valence-corrected chi connectivity index (χ0v) is 10.4. The van der Waals surface area contributed by atoms with Crippen molar-refractivity contribution in [3.05, 3.63) is 21.9 Å². The van der Waals surface area contributed by atoms with Crippen LogP contribution >= 0.6 is 11.3 Å². The molecular formula is C12H20O3S. The maximum absolute atomic E-state index is 9.94. The molecule has 1 heterocycles. The van der Waals surface area contributed by atoms with E-state index in [4.69, 9.17) is 5.11 Å². The van der Waals surface area contributed by atoms with Crippen molar-refractivity contribution in [1.29, 1.82) is 0 Å². The molecule has 0 aliphatic heterocycles. The number of aliphatic hydroxyl groups excluding tert-OH is 3. The molecule has 0 bridgehead atoms. The summed E-state index contributed by atoms with van der Waals surface area (Å²) in [5, 5.41) is 30.2. The van der Waals surface area contributed by atoms with E-state index in [1.807, 2.05) is 11.4 Å². The predicted octanol–water partition coefficient (Wildman–Crippen LogP) is 1.87. The summed E-state index contributed by atoms with van der Waals surface area (Å²) in [5.41, 5.74) is 1.12. The van der Waals surface area contributed by atoms with E-state index in [0.29, 0.717) is 0 Å². The summed E-state index contributed by atoms with van der Waals surface area (Å²) >= 11 is 1.47. The van der Waals surface area contributed by atoms with Crippen molar-refractivity contribution >= 4 is 11.3 Å². The Morgan fingerprint density at radius 2 is 2.12 bits per heavy atom. The van der Waals surface area contributed by atoms with Gasteiger partial charge in [0.15, 0.2) is 0 Å². The minimum absolute atomic E-state index is 0.103. The van der Waals surface area contributed by atoms with Crippen LogP contribution in [0.25, 0.3) is 0 Å². The van der Waals surface area contributed by atoms with Gasteiger partial charge in [-0.25, -0.2) is 0 Å². The number of aliphatic hydroxyl groups is 3. The van der Waals surface area contributed by atoms with E-state index < -0.39 is 12.2 Å². The van der Waals surface area contributed by atoms with Gasteiger partial charge in [0.25, 0.3) is 0 Å². The Morgan fingerprint density at radius 1 is 1.38 bits per heavy atom. The van der Waals surface area contributed by atoms with E-state index in [9.17, 15) is 10.2 Å². The summed E-state index contributed by atoms with van der Waals surface area (Å²) in [6.07, 6.45) is 1.63. The second-order valence-electron chi connectivity index (χ2n) is 3.94. The van der Waals surface area contributed by atoms with Gasteiger partial charge < -0.3 is 15.3 Å². The molecule has 0 aliphatic rings. The van der Waals surface area contributed by atoms with Crippen LogP contribution in [0, 0.1) is 0 Å². The fourth-order valence-corrected chi connectivity index (χ4v) is 2.64. The Morgan fingerprint density at radius 3 is 2.75 bits per heavy atom. The molecule has 1 rings (SSSR count). The second-order valence-corrected chi connectivity index (χ2v) is 4.89. The zero-order valence-electron chi connectivity index (χ0n) is 9.59. The molecule has 3 nitrogen and oxygen atoms in total. The molecule has 3 N–H and O–H groups in total. The topological polar surface area (TPSA) is 60.7 Å². The lowest BCUT2D eigenvalue weighted by Crippen LogP contribution is -2.19. The maximum atomic E-state index is 9.94. The fourth-order valence-electron chi connectivity index (χ4n) is 1.65. The number of thiophene rings is 1. The van der Waals surface area contributed by atoms with Crippen molar-refractivity contribution in [2.24, 2.45) is 0 Å². The smallest absolute Gasteiger partial charge is 0.114 e. The summed E-state index contributed by atoms with van der Waals surface area (Å²) in [6, 6.07) is 2.00. The van der Waals surface area contributed by atoms with Crippen molar-refractivity contribution in [1.82, 2.24) is 0 Å².